The third kappa shape index (κ3) is 4.60. The van der Waals surface area contributed by atoms with Gasteiger partial charge in [-0.25, -0.2) is 0 Å². The van der Waals surface area contributed by atoms with E-state index in [0.717, 1.165) is 12.1 Å². The van der Waals surface area contributed by atoms with Crippen molar-refractivity contribution in [3.8, 4) is 5.75 Å². The van der Waals surface area contributed by atoms with Crippen molar-refractivity contribution in [2.45, 2.75) is 25.2 Å². The summed E-state index contributed by atoms with van der Waals surface area (Å²) < 4.78 is 40.7. The molecule has 0 spiro atoms. The molecule has 24 heavy (non-hydrogen) atoms. The Hall–Kier alpha value is -2.29. The fourth-order valence-electron chi connectivity index (χ4n) is 2.61. The molecule has 132 valence electrons. The predicted molar refractivity (Wildman–Crippen MR) is 78.8 cm³/mol. The van der Waals surface area contributed by atoms with Crippen LogP contribution >= 0.6 is 0 Å². The number of aliphatic carboxylic acids is 1. The molecule has 1 N–H and O–H groups in total. The van der Waals surface area contributed by atoms with Crippen molar-refractivity contribution in [1.29, 1.82) is 0 Å². The van der Waals surface area contributed by atoms with Crippen molar-refractivity contribution >= 4 is 17.6 Å². The number of hydrogen-bond acceptors (Lipinski definition) is 4. The van der Waals surface area contributed by atoms with Crippen LogP contribution < -0.4 is 9.64 Å². The average molecular weight is 346 g/mol. The monoisotopic (exact) mass is 346 g/mol. The van der Waals surface area contributed by atoms with Gasteiger partial charge in [0.15, 0.2) is 0 Å². The summed E-state index contributed by atoms with van der Waals surface area (Å²) in [6, 6.07) is 4.74. The summed E-state index contributed by atoms with van der Waals surface area (Å²) in [6.45, 7) is 0.563. The summed E-state index contributed by atoms with van der Waals surface area (Å²) in [5, 5.41) is 8.70. The molecule has 9 heteroatoms. The molecule has 0 aromatic heterocycles. The number of halogens is 3. The molecule has 0 radical (unpaired) electrons. The molecular weight excluding hydrogens is 329 g/mol. The van der Waals surface area contributed by atoms with Gasteiger partial charge in [0, 0.05) is 24.8 Å². The SMILES string of the molecule is CN(CCC(=O)O)C1CCN(c2cccc(OC(F)(F)F)c2)C1=O. The summed E-state index contributed by atoms with van der Waals surface area (Å²) in [5.41, 5.74) is 0.316. The minimum absolute atomic E-state index is 0.0881. The van der Waals surface area contributed by atoms with Gasteiger partial charge in [0.2, 0.25) is 5.91 Å². The highest BCUT2D eigenvalue weighted by molar-refractivity contribution is 5.99. The Labute approximate surface area is 136 Å². The summed E-state index contributed by atoms with van der Waals surface area (Å²) in [4.78, 5) is 26.1. The second-order valence-corrected chi connectivity index (χ2v) is 5.46. The number of benzene rings is 1. The normalized spacial score (nSPS) is 18.3. The molecule has 1 aliphatic rings. The van der Waals surface area contributed by atoms with E-state index in [4.69, 9.17) is 5.11 Å². The molecular formula is C15H17F3N2O4. The lowest BCUT2D eigenvalue weighted by atomic mass is 10.2. The van der Waals surface area contributed by atoms with Crippen molar-refractivity contribution in [3.05, 3.63) is 24.3 Å². The van der Waals surface area contributed by atoms with Gasteiger partial charge in [0.05, 0.1) is 12.5 Å². The van der Waals surface area contributed by atoms with Crippen LogP contribution in [0.25, 0.3) is 0 Å². The van der Waals surface area contributed by atoms with Gasteiger partial charge in [-0.1, -0.05) is 6.07 Å². The second-order valence-electron chi connectivity index (χ2n) is 5.46. The van der Waals surface area contributed by atoms with Gasteiger partial charge in [0.25, 0.3) is 0 Å². The number of rotatable bonds is 6. The van der Waals surface area contributed by atoms with E-state index in [1.165, 1.54) is 17.0 Å². The Morgan fingerprint density at radius 3 is 2.79 bits per heavy atom. The second kappa shape index (κ2) is 7.08. The molecule has 1 atom stereocenters. The zero-order valence-electron chi connectivity index (χ0n) is 12.9. The number of alkyl halides is 3. The van der Waals surface area contributed by atoms with Gasteiger partial charge in [-0.2, -0.15) is 0 Å². The minimum Gasteiger partial charge on any atom is -0.481 e. The first kappa shape index (κ1) is 18.1. The Bertz CT molecular complexity index is 621. The Morgan fingerprint density at radius 1 is 1.46 bits per heavy atom. The van der Waals surface area contributed by atoms with Crippen LogP contribution in [-0.2, 0) is 9.59 Å². The van der Waals surface area contributed by atoms with E-state index >= 15 is 0 Å². The lowest BCUT2D eigenvalue weighted by Crippen LogP contribution is -2.40. The number of hydrogen-bond donors (Lipinski definition) is 1. The van der Waals surface area contributed by atoms with E-state index in [-0.39, 0.29) is 18.9 Å². The average Bonchev–Trinajstić information content (AvgIpc) is 2.85. The van der Waals surface area contributed by atoms with Crippen molar-refractivity contribution in [2.24, 2.45) is 0 Å². The van der Waals surface area contributed by atoms with Crippen LogP contribution in [0.3, 0.4) is 0 Å². The molecule has 1 aromatic rings. The van der Waals surface area contributed by atoms with Gasteiger partial charge >= 0.3 is 12.3 Å². The first-order valence-corrected chi connectivity index (χ1v) is 7.26. The zero-order valence-corrected chi connectivity index (χ0v) is 12.9. The van der Waals surface area contributed by atoms with Gasteiger partial charge in [0.1, 0.15) is 5.75 Å². The van der Waals surface area contributed by atoms with Crippen molar-refractivity contribution < 1.29 is 32.6 Å². The van der Waals surface area contributed by atoms with Crippen LogP contribution in [-0.4, -0.2) is 54.4 Å². The number of carboxylic acid groups (broad SMARTS) is 1. The first-order chi connectivity index (χ1) is 11.2. The van der Waals surface area contributed by atoms with Crippen LogP contribution in [0, 0.1) is 0 Å². The summed E-state index contributed by atoms with van der Waals surface area (Å²) in [6.07, 6.45) is -4.41. The highest BCUT2D eigenvalue weighted by Gasteiger charge is 2.36. The third-order valence-electron chi connectivity index (χ3n) is 3.75. The smallest absolute Gasteiger partial charge is 0.481 e. The summed E-state index contributed by atoms with van der Waals surface area (Å²) in [5.74, 6) is -1.62. The molecule has 1 fully saturated rings. The van der Waals surface area contributed by atoms with Crippen molar-refractivity contribution in [1.82, 2.24) is 4.90 Å². The van der Waals surface area contributed by atoms with Crippen LogP contribution in [0.15, 0.2) is 24.3 Å². The van der Waals surface area contributed by atoms with Crippen molar-refractivity contribution in [2.75, 3.05) is 25.0 Å². The molecule has 1 aromatic carbocycles. The maximum absolute atomic E-state index is 12.5. The predicted octanol–water partition coefficient (Wildman–Crippen LogP) is 2.10. The zero-order chi connectivity index (χ0) is 17.9. The molecule has 1 amide bonds. The number of nitrogens with zero attached hydrogens (tertiary/aromatic N) is 2. The van der Waals surface area contributed by atoms with Crippen LogP contribution in [0.2, 0.25) is 0 Å². The maximum atomic E-state index is 12.5. The topological polar surface area (TPSA) is 70.1 Å². The van der Waals surface area contributed by atoms with Crippen LogP contribution in [0.1, 0.15) is 12.8 Å². The molecule has 1 saturated heterocycles. The Morgan fingerprint density at radius 2 is 2.17 bits per heavy atom. The fourth-order valence-corrected chi connectivity index (χ4v) is 2.61. The summed E-state index contributed by atoms with van der Waals surface area (Å²) in [7, 11) is 1.65. The number of carbonyl (C=O) groups excluding carboxylic acids is 1. The lowest BCUT2D eigenvalue weighted by molar-refractivity contribution is -0.274. The number of amides is 1. The van der Waals surface area contributed by atoms with Gasteiger partial charge in [-0.05, 0) is 25.6 Å². The van der Waals surface area contributed by atoms with E-state index in [1.54, 1.807) is 11.9 Å². The van der Waals surface area contributed by atoms with Gasteiger partial charge < -0.3 is 14.7 Å². The lowest BCUT2D eigenvalue weighted by Gasteiger charge is -2.23. The molecule has 2 rings (SSSR count). The number of carbonyl (C=O) groups is 2. The van der Waals surface area contributed by atoms with Gasteiger partial charge in [-0.15, -0.1) is 13.2 Å². The van der Waals surface area contributed by atoms with Crippen LogP contribution in [0.4, 0.5) is 18.9 Å². The Kier molecular flexibility index (Phi) is 5.33. The van der Waals surface area contributed by atoms with Gasteiger partial charge in [-0.3, -0.25) is 14.5 Å². The van der Waals surface area contributed by atoms with E-state index in [1.807, 2.05) is 0 Å². The largest absolute Gasteiger partial charge is 0.573 e. The number of anilines is 1. The molecule has 6 nitrogen and oxygen atoms in total. The number of carboxylic acids is 1. The highest BCUT2D eigenvalue weighted by atomic mass is 19.4. The van der Waals surface area contributed by atoms with Crippen molar-refractivity contribution in [3.63, 3.8) is 0 Å². The summed E-state index contributed by atoms with van der Waals surface area (Å²) >= 11 is 0. The first-order valence-electron chi connectivity index (χ1n) is 7.26. The molecule has 0 saturated carbocycles. The molecule has 1 aliphatic heterocycles. The van der Waals surface area contributed by atoms with E-state index in [9.17, 15) is 22.8 Å². The van der Waals surface area contributed by atoms with E-state index in [0.29, 0.717) is 18.7 Å². The molecule has 0 aliphatic carbocycles. The number of likely N-dealkylation sites (N-methyl/N-ethyl adjacent to an activating group) is 1. The minimum atomic E-state index is -4.80. The standard InChI is InChI=1S/C15H17F3N2O4/c1-19(7-6-13(21)22)12-5-8-20(14(12)23)10-3-2-4-11(9-10)24-15(16,17)18/h2-4,9,12H,5-8H2,1H3,(H,21,22). The van der Waals surface area contributed by atoms with E-state index < -0.39 is 24.1 Å². The molecule has 1 unspecified atom stereocenters. The Balaban J connectivity index is 2.07. The number of ether oxygens (including phenoxy) is 1. The maximum Gasteiger partial charge on any atom is 0.573 e. The van der Waals surface area contributed by atoms with E-state index in [2.05, 4.69) is 4.74 Å². The van der Waals surface area contributed by atoms with Crippen LogP contribution in [0.5, 0.6) is 5.75 Å². The third-order valence-corrected chi connectivity index (χ3v) is 3.75. The quantitative estimate of drug-likeness (QED) is 0.854. The molecule has 0 bridgehead atoms. The molecule has 1 heterocycles. The highest BCUT2D eigenvalue weighted by Crippen LogP contribution is 2.29. The fraction of sp³-hybridized carbons (Fsp3) is 0.467.